The third-order valence-corrected chi connectivity index (χ3v) is 3.87. The van der Waals surface area contributed by atoms with E-state index in [0.29, 0.717) is 12.3 Å². The molecule has 1 saturated carbocycles. The Labute approximate surface area is 128 Å². The van der Waals surface area contributed by atoms with Crippen LogP contribution in [0.4, 0.5) is 0 Å². The Morgan fingerprint density at radius 1 is 1.27 bits per heavy atom. The van der Waals surface area contributed by atoms with Crippen molar-refractivity contribution in [3.8, 4) is 11.5 Å². The van der Waals surface area contributed by atoms with E-state index in [4.69, 9.17) is 4.74 Å². The van der Waals surface area contributed by atoms with Crippen molar-refractivity contribution in [3.63, 3.8) is 0 Å². The van der Waals surface area contributed by atoms with Gasteiger partial charge in [0.05, 0.1) is 18.8 Å². The number of phenols is 1. The van der Waals surface area contributed by atoms with Crippen LogP contribution >= 0.6 is 0 Å². The maximum atomic E-state index is 11.5. The van der Waals surface area contributed by atoms with Gasteiger partial charge < -0.3 is 14.9 Å². The van der Waals surface area contributed by atoms with Gasteiger partial charge in [-0.05, 0) is 43.4 Å². The summed E-state index contributed by atoms with van der Waals surface area (Å²) in [6.07, 6.45) is 5.72. The van der Waals surface area contributed by atoms with Crippen LogP contribution in [0, 0.1) is 0 Å². The Hall–Kier alpha value is -2.50. The van der Waals surface area contributed by atoms with Crippen LogP contribution in [0.2, 0.25) is 0 Å². The van der Waals surface area contributed by atoms with Crippen LogP contribution in [-0.2, 0) is 6.54 Å². The summed E-state index contributed by atoms with van der Waals surface area (Å²) in [5, 5.41) is 22.9. The smallest absolute Gasteiger partial charge is 0.358 e. The van der Waals surface area contributed by atoms with Gasteiger partial charge in [-0.15, -0.1) is 0 Å². The second-order valence-corrected chi connectivity index (χ2v) is 5.51. The number of hydrogen-bond acceptors (Lipinski definition) is 4. The van der Waals surface area contributed by atoms with Crippen LogP contribution in [0.3, 0.4) is 0 Å². The molecular weight excluding hydrogens is 284 g/mol. The first-order chi connectivity index (χ1) is 10.6. The molecule has 3 rings (SSSR count). The highest BCUT2D eigenvalue weighted by molar-refractivity contribution is 5.88. The lowest BCUT2D eigenvalue weighted by Crippen LogP contribution is -2.16. The first kappa shape index (κ1) is 14.4. The van der Waals surface area contributed by atoms with Gasteiger partial charge in [0.1, 0.15) is 5.75 Å². The molecule has 0 unspecified atom stereocenters. The number of carbonyl (C=O) groups is 1. The van der Waals surface area contributed by atoms with E-state index in [1.807, 2.05) is 0 Å². The second-order valence-electron chi connectivity index (χ2n) is 5.51. The highest BCUT2D eigenvalue weighted by Gasteiger charge is 2.24. The van der Waals surface area contributed by atoms with E-state index in [1.165, 1.54) is 10.9 Å². The fraction of sp³-hybridized carbons (Fsp3) is 0.375. The molecule has 0 amide bonds. The molecule has 6 nitrogen and oxygen atoms in total. The molecule has 1 heterocycles. The molecular formula is C16H18N2O4. The van der Waals surface area contributed by atoms with Gasteiger partial charge in [-0.1, -0.05) is 12.1 Å². The quantitative estimate of drug-likeness (QED) is 0.887. The Bertz CT molecular complexity index is 657. The maximum absolute atomic E-state index is 11.5. The normalized spacial score (nSPS) is 15.1. The number of phenolic OH excluding ortho intramolecular Hbond substituents is 1. The van der Waals surface area contributed by atoms with E-state index in [1.54, 1.807) is 24.3 Å². The molecule has 0 radical (unpaired) electrons. The Balaban J connectivity index is 1.82. The van der Waals surface area contributed by atoms with E-state index in [0.717, 1.165) is 31.2 Å². The van der Waals surface area contributed by atoms with Crippen LogP contribution in [0.1, 0.15) is 41.7 Å². The molecule has 6 heteroatoms. The number of hydrogen-bond donors (Lipinski definition) is 2. The van der Waals surface area contributed by atoms with Crippen molar-refractivity contribution in [1.82, 2.24) is 9.78 Å². The molecule has 22 heavy (non-hydrogen) atoms. The third-order valence-electron chi connectivity index (χ3n) is 3.87. The zero-order valence-electron chi connectivity index (χ0n) is 12.1. The fourth-order valence-corrected chi connectivity index (χ4v) is 2.75. The van der Waals surface area contributed by atoms with Gasteiger partial charge in [-0.3, -0.25) is 4.68 Å². The molecule has 1 fully saturated rings. The van der Waals surface area contributed by atoms with Crippen LogP contribution in [0.15, 0.2) is 30.5 Å². The van der Waals surface area contributed by atoms with Crippen molar-refractivity contribution in [3.05, 3.63) is 41.7 Å². The minimum atomic E-state index is -1.05. The fourth-order valence-electron chi connectivity index (χ4n) is 2.75. The monoisotopic (exact) mass is 302 g/mol. The molecule has 1 aromatic heterocycles. The van der Waals surface area contributed by atoms with Crippen molar-refractivity contribution in [2.75, 3.05) is 0 Å². The summed E-state index contributed by atoms with van der Waals surface area (Å²) in [5.74, 6) is -0.546. The summed E-state index contributed by atoms with van der Waals surface area (Å²) in [5.41, 5.74) is 0.927. The Morgan fingerprint density at radius 2 is 1.95 bits per heavy atom. The van der Waals surface area contributed by atoms with Gasteiger partial charge in [-0.2, -0.15) is 5.10 Å². The number of aromatic nitrogens is 2. The summed E-state index contributed by atoms with van der Waals surface area (Å²) < 4.78 is 7.22. The second kappa shape index (κ2) is 6.09. The van der Waals surface area contributed by atoms with Gasteiger partial charge >= 0.3 is 5.97 Å². The lowest BCUT2D eigenvalue weighted by molar-refractivity contribution is 0.0676. The SMILES string of the molecule is O=C(O)c1c(OC2CCCC2)cnn1Cc1ccc(O)cc1. The largest absolute Gasteiger partial charge is 0.508 e. The first-order valence-corrected chi connectivity index (χ1v) is 7.37. The van der Waals surface area contributed by atoms with Crippen LogP contribution < -0.4 is 4.74 Å². The van der Waals surface area contributed by atoms with Crippen molar-refractivity contribution in [2.24, 2.45) is 0 Å². The van der Waals surface area contributed by atoms with E-state index < -0.39 is 5.97 Å². The van der Waals surface area contributed by atoms with Crippen LogP contribution in [-0.4, -0.2) is 32.1 Å². The number of aromatic hydroxyl groups is 1. The van der Waals surface area contributed by atoms with Crippen molar-refractivity contribution >= 4 is 5.97 Å². The standard InChI is InChI=1S/C16H18N2O4/c19-12-7-5-11(6-8-12)10-18-15(16(20)21)14(9-17-18)22-13-3-1-2-4-13/h5-9,13,19H,1-4,10H2,(H,20,21). The number of ether oxygens (including phenoxy) is 1. The van der Waals surface area contributed by atoms with E-state index in [-0.39, 0.29) is 17.5 Å². The van der Waals surface area contributed by atoms with Gasteiger partial charge in [-0.25, -0.2) is 4.79 Å². The molecule has 0 atom stereocenters. The summed E-state index contributed by atoms with van der Waals surface area (Å²) in [7, 11) is 0. The molecule has 2 aromatic rings. The van der Waals surface area contributed by atoms with E-state index in [2.05, 4.69) is 5.10 Å². The maximum Gasteiger partial charge on any atom is 0.358 e. The summed E-state index contributed by atoms with van der Waals surface area (Å²) in [6.45, 7) is 0.315. The highest BCUT2D eigenvalue weighted by atomic mass is 16.5. The lowest BCUT2D eigenvalue weighted by atomic mass is 10.2. The number of benzene rings is 1. The van der Waals surface area contributed by atoms with Gasteiger partial charge in [0.2, 0.25) is 0 Å². The van der Waals surface area contributed by atoms with Gasteiger partial charge in [0, 0.05) is 0 Å². The predicted octanol–water partition coefficient (Wildman–Crippen LogP) is 2.66. The summed E-state index contributed by atoms with van der Waals surface area (Å²) in [6, 6.07) is 6.60. The topological polar surface area (TPSA) is 84.6 Å². The van der Waals surface area contributed by atoms with Gasteiger partial charge in [0.15, 0.2) is 11.4 Å². The number of aromatic carboxylic acids is 1. The third kappa shape index (κ3) is 3.05. The van der Waals surface area contributed by atoms with Crippen molar-refractivity contribution in [1.29, 1.82) is 0 Å². The number of carboxylic acid groups (broad SMARTS) is 1. The number of nitrogens with zero attached hydrogens (tertiary/aromatic N) is 2. The van der Waals surface area contributed by atoms with Crippen LogP contribution in [0.25, 0.3) is 0 Å². The first-order valence-electron chi connectivity index (χ1n) is 7.37. The minimum absolute atomic E-state index is 0.0694. The van der Waals surface area contributed by atoms with E-state index in [9.17, 15) is 15.0 Å². The molecule has 0 spiro atoms. The lowest BCUT2D eigenvalue weighted by Gasteiger charge is -2.12. The van der Waals surface area contributed by atoms with Crippen molar-refractivity contribution in [2.45, 2.75) is 38.3 Å². The van der Waals surface area contributed by atoms with Crippen molar-refractivity contribution < 1.29 is 19.7 Å². The molecule has 2 N–H and O–H groups in total. The molecule has 1 aromatic carbocycles. The molecule has 1 aliphatic carbocycles. The predicted molar refractivity (Wildman–Crippen MR) is 79.3 cm³/mol. The molecule has 0 bridgehead atoms. The average Bonchev–Trinajstić information content (AvgIpc) is 3.12. The minimum Gasteiger partial charge on any atom is -0.508 e. The Kier molecular flexibility index (Phi) is 4.00. The molecule has 116 valence electrons. The highest BCUT2D eigenvalue weighted by Crippen LogP contribution is 2.27. The Morgan fingerprint density at radius 3 is 2.59 bits per heavy atom. The number of carboxylic acids is 1. The molecule has 0 saturated heterocycles. The van der Waals surface area contributed by atoms with E-state index >= 15 is 0 Å². The average molecular weight is 302 g/mol. The summed E-state index contributed by atoms with van der Waals surface area (Å²) in [4.78, 5) is 11.5. The van der Waals surface area contributed by atoms with Crippen LogP contribution in [0.5, 0.6) is 11.5 Å². The zero-order chi connectivity index (χ0) is 15.5. The zero-order valence-corrected chi connectivity index (χ0v) is 12.1. The molecule has 1 aliphatic rings. The molecule has 0 aliphatic heterocycles. The summed E-state index contributed by atoms with van der Waals surface area (Å²) >= 11 is 0. The number of rotatable bonds is 5. The van der Waals surface area contributed by atoms with Gasteiger partial charge in [0.25, 0.3) is 0 Å².